The number of carbonyl (C=O) groups is 2. The van der Waals surface area contributed by atoms with Crippen molar-refractivity contribution in [3.05, 3.63) is 41.7 Å². The fraction of sp³-hybridized carbons (Fsp3) is 0.357. The zero-order valence-corrected chi connectivity index (χ0v) is 9.17. The fourth-order valence-corrected chi connectivity index (χ4v) is 3.68. The summed E-state index contributed by atoms with van der Waals surface area (Å²) in [7, 11) is 0. The Morgan fingerprint density at radius 3 is 2.53 bits per heavy atom. The van der Waals surface area contributed by atoms with E-state index in [9.17, 15) is 9.59 Å². The average molecular weight is 225 g/mol. The molecule has 0 spiro atoms. The third-order valence-corrected chi connectivity index (χ3v) is 4.37. The predicted octanol–water partition coefficient (Wildman–Crippen LogP) is 1.90. The number of hydrogen-bond donors (Lipinski definition) is 0. The lowest BCUT2D eigenvalue weighted by molar-refractivity contribution is 0.0716. The van der Waals surface area contributed by atoms with Crippen LogP contribution in [0.2, 0.25) is 0 Å². The Morgan fingerprint density at radius 2 is 1.76 bits per heavy atom. The van der Waals surface area contributed by atoms with E-state index in [4.69, 9.17) is 0 Å². The van der Waals surface area contributed by atoms with Crippen LogP contribution in [0.4, 0.5) is 0 Å². The number of pyridine rings is 1. The number of hydrogen-bond acceptors (Lipinski definition) is 3. The molecule has 4 rings (SSSR count). The molecular weight excluding hydrogens is 214 g/mol. The second-order valence-corrected chi connectivity index (χ2v) is 5.13. The molecular formula is C14H11NO2. The van der Waals surface area contributed by atoms with E-state index < -0.39 is 0 Å². The smallest absolute Gasteiger partial charge is 0.186 e. The lowest BCUT2D eigenvalue weighted by Crippen LogP contribution is -2.39. The van der Waals surface area contributed by atoms with Gasteiger partial charge in [-0.1, -0.05) is 12.2 Å². The second-order valence-electron chi connectivity index (χ2n) is 5.13. The first kappa shape index (κ1) is 9.28. The first-order valence-corrected chi connectivity index (χ1v) is 5.99. The van der Waals surface area contributed by atoms with Crippen LogP contribution in [0.1, 0.15) is 27.3 Å². The highest BCUT2D eigenvalue weighted by Gasteiger charge is 2.54. The van der Waals surface area contributed by atoms with Crippen LogP contribution < -0.4 is 0 Å². The van der Waals surface area contributed by atoms with Crippen LogP contribution in [-0.2, 0) is 0 Å². The van der Waals surface area contributed by atoms with Crippen LogP contribution in [0.25, 0.3) is 0 Å². The predicted molar refractivity (Wildman–Crippen MR) is 60.6 cm³/mol. The van der Waals surface area contributed by atoms with Gasteiger partial charge in [-0.2, -0.15) is 0 Å². The quantitative estimate of drug-likeness (QED) is 0.633. The van der Waals surface area contributed by atoms with Gasteiger partial charge in [0, 0.05) is 23.6 Å². The van der Waals surface area contributed by atoms with Crippen LogP contribution in [0.5, 0.6) is 0 Å². The van der Waals surface area contributed by atoms with Crippen molar-refractivity contribution in [1.82, 2.24) is 4.98 Å². The maximum Gasteiger partial charge on any atom is 0.186 e. The molecule has 0 saturated heterocycles. The summed E-state index contributed by atoms with van der Waals surface area (Å²) >= 11 is 0. The minimum absolute atomic E-state index is 0.0713. The molecule has 2 bridgehead atoms. The van der Waals surface area contributed by atoms with Crippen LogP contribution in [0.3, 0.4) is 0 Å². The van der Waals surface area contributed by atoms with Gasteiger partial charge in [0.15, 0.2) is 11.6 Å². The molecule has 1 heterocycles. The molecule has 0 aliphatic heterocycles. The molecule has 0 aromatic carbocycles. The van der Waals surface area contributed by atoms with Crippen molar-refractivity contribution in [1.29, 1.82) is 0 Å². The lowest BCUT2D eigenvalue weighted by atomic mass is 9.71. The molecule has 0 radical (unpaired) electrons. The van der Waals surface area contributed by atoms with Gasteiger partial charge in [0.05, 0.1) is 0 Å². The molecule has 0 amide bonds. The van der Waals surface area contributed by atoms with Gasteiger partial charge in [0.2, 0.25) is 0 Å². The maximum absolute atomic E-state index is 12.4. The number of nitrogens with zero attached hydrogens (tertiary/aromatic N) is 1. The van der Waals surface area contributed by atoms with Crippen molar-refractivity contribution >= 4 is 11.6 Å². The summed E-state index contributed by atoms with van der Waals surface area (Å²) in [5, 5.41) is 0. The van der Waals surface area contributed by atoms with Crippen LogP contribution in [0, 0.1) is 23.7 Å². The maximum atomic E-state index is 12.4. The molecule has 3 aliphatic carbocycles. The van der Waals surface area contributed by atoms with E-state index in [0.717, 1.165) is 6.42 Å². The lowest BCUT2D eigenvalue weighted by Gasteiger charge is -2.30. The van der Waals surface area contributed by atoms with Gasteiger partial charge in [-0.3, -0.25) is 14.6 Å². The van der Waals surface area contributed by atoms with Crippen molar-refractivity contribution < 1.29 is 9.59 Å². The Bertz CT molecular complexity index is 526. The number of aromatic nitrogens is 1. The fourth-order valence-electron chi connectivity index (χ4n) is 3.68. The van der Waals surface area contributed by atoms with Crippen molar-refractivity contribution in [3.8, 4) is 0 Å². The molecule has 1 saturated carbocycles. The second kappa shape index (κ2) is 2.92. The number of rotatable bonds is 0. The summed E-state index contributed by atoms with van der Waals surface area (Å²) < 4.78 is 0. The highest BCUT2D eigenvalue weighted by molar-refractivity contribution is 6.15. The molecule has 84 valence electrons. The minimum Gasteiger partial charge on any atom is -0.294 e. The van der Waals surface area contributed by atoms with Gasteiger partial charge in [0.1, 0.15) is 5.69 Å². The summed E-state index contributed by atoms with van der Waals surface area (Å²) in [4.78, 5) is 28.9. The van der Waals surface area contributed by atoms with Crippen LogP contribution >= 0.6 is 0 Å². The Balaban J connectivity index is 1.94. The number of fused-ring (bicyclic) bond motifs is 6. The average Bonchev–Trinajstić information content (AvgIpc) is 2.96. The van der Waals surface area contributed by atoms with Gasteiger partial charge in [-0.15, -0.1) is 0 Å². The largest absolute Gasteiger partial charge is 0.294 e. The van der Waals surface area contributed by atoms with E-state index in [1.165, 1.54) is 0 Å². The number of allylic oxidation sites excluding steroid dienone is 2. The van der Waals surface area contributed by atoms with Gasteiger partial charge in [-0.05, 0) is 30.4 Å². The van der Waals surface area contributed by atoms with Crippen molar-refractivity contribution in [3.63, 3.8) is 0 Å². The summed E-state index contributed by atoms with van der Waals surface area (Å²) in [6.45, 7) is 0. The number of ketones is 2. The topological polar surface area (TPSA) is 47.0 Å². The molecule has 0 N–H and O–H groups in total. The normalized spacial score (nSPS) is 37.2. The molecule has 1 aromatic rings. The summed E-state index contributed by atoms with van der Waals surface area (Å²) in [5.41, 5.74) is 0.916. The Hall–Kier alpha value is -1.77. The van der Waals surface area contributed by atoms with Gasteiger partial charge in [-0.25, -0.2) is 0 Å². The molecule has 1 fully saturated rings. The van der Waals surface area contributed by atoms with E-state index in [-0.39, 0.29) is 35.2 Å². The number of carbonyl (C=O) groups excluding carboxylic acids is 2. The molecule has 3 nitrogen and oxygen atoms in total. The first-order valence-electron chi connectivity index (χ1n) is 5.99. The van der Waals surface area contributed by atoms with E-state index in [0.29, 0.717) is 11.3 Å². The molecule has 1 aromatic heterocycles. The summed E-state index contributed by atoms with van der Waals surface area (Å²) in [5.74, 6) is 0.470. The third-order valence-electron chi connectivity index (χ3n) is 4.37. The van der Waals surface area contributed by atoms with Gasteiger partial charge < -0.3 is 0 Å². The van der Waals surface area contributed by atoms with Crippen molar-refractivity contribution in [2.45, 2.75) is 6.42 Å². The minimum atomic E-state index is -0.139. The highest BCUT2D eigenvalue weighted by atomic mass is 16.1. The molecule has 3 heteroatoms. The zero-order valence-electron chi connectivity index (χ0n) is 9.17. The van der Waals surface area contributed by atoms with E-state index >= 15 is 0 Å². The molecule has 17 heavy (non-hydrogen) atoms. The van der Waals surface area contributed by atoms with E-state index in [2.05, 4.69) is 17.1 Å². The van der Waals surface area contributed by atoms with Crippen molar-refractivity contribution in [2.75, 3.05) is 0 Å². The monoisotopic (exact) mass is 225 g/mol. The summed E-state index contributed by atoms with van der Waals surface area (Å²) in [6.07, 6.45) is 6.76. The van der Waals surface area contributed by atoms with E-state index in [1.54, 1.807) is 18.3 Å². The SMILES string of the molecule is O=C1c2ncccc2C(=O)[C@@H]2[C@@H]1[C@@H]1C=C[C@H]2C1. The van der Waals surface area contributed by atoms with Gasteiger partial charge >= 0.3 is 0 Å². The molecule has 4 atom stereocenters. The van der Waals surface area contributed by atoms with Gasteiger partial charge in [0.25, 0.3) is 0 Å². The Kier molecular flexibility index (Phi) is 1.59. The van der Waals surface area contributed by atoms with E-state index in [1.807, 2.05) is 0 Å². The Morgan fingerprint density at radius 1 is 1.06 bits per heavy atom. The Labute approximate surface area is 98.6 Å². The third kappa shape index (κ3) is 0.996. The van der Waals surface area contributed by atoms with Crippen LogP contribution in [-0.4, -0.2) is 16.6 Å². The first-order chi connectivity index (χ1) is 8.27. The van der Waals surface area contributed by atoms with Crippen LogP contribution in [0.15, 0.2) is 30.5 Å². The zero-order chi connectivity index (χ0) is 11.6. The molecule has 0 unspecified atom stereocenters. The summed E-state index contributed by atoms with van der Waals surface area (Å²) in [6, 6.07) is 3.46. The molecule has 3 aliphatic rings. The standard InChI is InChI=1S/C14H11NO2/c16-13-9-2-1-5-15-12(9)14(17)11-8-4-3-7(6-8)10(11)13/h1-5,7-8,10-11H,6H2/t7-,8+,10-,11-/m0/s1. The van der Waals surface area contributed by atoms with Crippen molar-refractivity contribution in [2.24, 2.45) is 23.7 Å². The highest BCUT2D eigenvalue weighted by Crippen LogP contribution is 2.52. The number of Topliss-reactive ketones (excluding diaryl/α,β-unsaturated/α-hetero) is 2.